The van der Waals surface area contributed by atoms with Crippen LogP contribution in [-0.4, -0.2) is 49.1 Å². The van der Waals surface area contributed by atoms with Crippen LogP contribution >= 0.6 is 0 Å². The Morgan fingerprint density at radius 2 is 1.89 bits per heavy atom. The summed E-state index contributed by atoms with van der Waals surface area (Å²) in [6.07, 6.45) is 7.21. The van der Waals surface area contributed by atoms with Crippen LogP contribution in [0.15, 0.2) is 73.2 Å². The van der Waals surface area contributed by atoms with Gasteiger partial charge in [-0.2, -0.15) is 20.0 Å². The van der Waals surface area contributed by atoms with Crippen LogP contribution in [0.25, 0.3) is 5.69 Å². The predicted octanol–water partition coefficient (Wildman–Crippen LogP) is 2.78. The van der Waals surface area contributed by atoms with Crippen LogP contribution in [0.3, 0.4) is 0 Å². The number of benzene rings is 2. The minimum Gasteiger partial charge on any atom is -0.371 e. The predicted molar refractivity (Wildman–Crippen MR) is 139 cm³/mol. The number of nitrogens with zero attached hydrogens (tertiary/aromatic N) is 5. The summed E-state index contributed by atoms with van der Waals surface area (Å²) in [5, 5.41) is 14.8. The number of anilines is 3. The number of nitrogens with one attached hydrogen (secondary N) is 2. The van der Waals surface area contributed by atoms with E-state index in [1.54, 1.807) is 12.4 Å². The molecule has 5 rings (SSSR count). The Balaban J connectivity index is 1.36. The van der Waals surface area contributed by atoms with E-state index in [1.165, 1.54) is 11.0 Å². The molecule has 0 saturated heterocycles. The number of ether oxygens (including phenoxy) is 1. The molecule has 0 bridgehead atoms. The van der Waals surface area contributed by atoms with Gasteiger partial charge in [0, 0.05) is 17.9 Å². The molecule has 11 nitrogen and oxygen atoms in total. The zero-order valence-electron chi connectivity index (χ0n) is 20.2. The molecule has 190 valence electrons. The lowest BCUT2D eigenvalue weighted by atomic mass is 9.88. The van der Waals surface area contributed by atoms with Gasteiger partial charge in [-0.05, 0) is 43.0 Å². The fourth-order valence-electron chi connectivity index (χ4n) is 4.42. The third-order valence-electron chi connectivity index (χ3n) is 6.30. The largest absolute Gasteiger partial charge is 0.371 e. The summed E-state index contributed by atoms with van der Waals surface area (Å²) in [5.41, 5.74) is 14.8. The van der Waals surface area contributed by atoms with Gasteiger partial charge in [0.05, 0.1) is 36.8 Å². The summed E-state index contributed by atoms with van der Waals surface area (Å²) in [4.78, 5) is 22.5. The van der Waals surface area contributed by atoms with E-state index in [0.29, 0.717) is 18.2 Å². The van der Waals surface area contributed by atoms with E-state index in [9.17, 15) is 4.79 Å². The number of rotatable bonds is 9. The summed E-state index contributed by atoms with van der Waals surface area (Å²) in [7, 11) is 0. The molecule has 11 heteroatoms. The molecule has 0 spiro atoms. The Morgan fingerprint density at radius 1 is 1.08 bits per heavy atom. The molecule has 0 radical (unpaired) electrons. The van der Waals surface area contributed by atoms with Gasteiger partial charge in [0.1, 0.15) is 11.4 Å². The van der Waals surface area contributed by atoms with Crippen molar-refractivity contribution in [1.82, 2.24) is 25.0 Å². The maximum absolute atomic E-state index is 12.1. The standard InChI is InChI=1S/C26H29N9O2/c27-21-10-5-11-22(37-16-17-6-2-1-3-7-17)23(21)33-26-29-15-20(24(28)36)25(34-26)32-18-8-4-9-19(14-18)35-30-12-13-31-35/h1-4,6-9,12-15,21-23H,5,10-11,16,27H2,(H2,28,36)(H2,29,32,33,34)/t21-,22+,23-/m0/s1. The smallest absolute Gasteiger partial charge is 0.254 e. The Morgan fingerprint density at radius 3 is 2.68 bits per heavy atom. The van der Waals surface area contributed by atoms with E-state index in [0.717, 1.165) is 30.5 Å². The molecule has 2 aromatic heterocycles. The summed E-state index contributed by atoms with van der Waals surface area (Å²) in [5.74, 6) is -0.0350. The van der Waals surface area contributed by atoms with Crippen LogP contribution in [-0.2, 0) is 11.3 Å². The molecule has 2 heterocycles. The fraction of sp³-hybridized carbons (Fsp3) is 0.269. The van der Waals surface area contributed by atoms with Crippen LogP contribution in [0.5, 0.6) is 0 Å². The third-order valence-corrected chi connectivity index (χ3v) is 6.30. The quantitative estimate of drug-likeness (QED) is 0.272. The van der Waals surface area contributed by atoms with Gasteiger partial charge in [0.15, 0.2) is 0 Å². The molecule has 0 aliphatic heterocycles. The third kappa shape index (κ3) is 5.90. The summed E-state index contributed by atoms with van der Waals surface area (Å²) >= 11 is 0. The normalized spacial score (nSPS) is 19.3. The van der Waals surface area contributed by atoms with E-state index < -0.39 is 5.91 Å². The first kappa shape index (κ1) is 24.3. The minimum atomic E-state index is -0.641. The average Bonchev–Trinajstić information content (AvgIpc) is 3.45. The highest BCUT2D eigenvalue weighted by Crippen LogP contribution is 2.26. The van der Waals surface area contributed by atoms with Gasteiger partial charge in [-0.25, -0.2) is 4.98 Å². The SMILES string of the molecule is NC(=O)c1cnc(N[C@H]2[C@@H](N)CCC[C@H]2OCc2ccccc2)nc1Nc1cccc(-n2nccn2)c1. The minimum absolute atomic E-state index is 0.113. The van der Waals surface area contributed by atoms with Crippen molar-refractivity contribution in [3.05, 3.63) is 84.3 Å². The first-order chi connectivity index (χ1) is 18.1. The van der Waals surface area contributed by atoms with Gasteiger partial charge < -0.3 is 26.8 Å². The molecular weight excluding hydrogens is 470 g/mol. The second-order valence-corrected chi connectivity index (χ2v) is 8.91. The van der Waals surface area contributed by atoms with Crippen LogP contribution in [0, 0.1) is 0 Å². The molecule has 0 unspecified atom stereocenters. The zero-order chi connectivity index (χ0) is 25.6. The number of hydrogen-bond donors (Lipinski definition) is 4. The van der Waals surface area contributed by atoms with E-state index in [-0.39, 0.29) is 29.6 Å². The lowest BCUT2D eigenvalue weighted by Gasteiger charge is -2.36. The van der Waals surface area contributed by atoms with Crippen LogP contribution in [0.1, 0.15) is 35.2 Å². The van der Waals surface area contributed by atoms with Crippen molar-refractivity contribution in [1.29, 1.82) is 0 Å². The molecule has 1 amide bonds. The Labute approximate surface area is 214 Å². The fourth-order valence-corrected chi connectivity index (χ4v) is 4.42. The van der Waals surface area contributed by atoms with Crippen molar-refractivity contribution in [2.45, 2.75) is 44.1 Å². The van der Waals surface area contributed by atoms with Gasteiger partial charge >= 0.3 is 0 Å². The Kier molecular flexibility index (Phi) is 7.33. The topological polar surface area (TPSA) is 159 Å². The van der Waals surface area contributed by atoms with E-state index in [2.05, 4.69) is 30.8 Å². The van der Waals surface area contributed by atoms with Crippen molar-refractivity contribution >= 4 is 23.4 Å². The van der Waals surface area contributed by atoms with Crippen LogP contribution in [0.4, 0.5) is 17.5 Å². The molecule has 37 heavy (non-hydrogen) atoms. The number of amides is 1. The first-order valence-corrected chi connectivity index (χ1v) is 12.1. The lowest BCUT2D eigenvalue weighted by molar-refractivity contribution is 0.00359. The highest BCUT2D eigenvalue weighted by atomic mass is 16.5. The summed E-state index contributed by atoms with van der Waals surface area (Å²) in [6, 6.07) is 17.1. The molecule has 2 aromatic carbocycles. The number of hydrogen-bond acceptors (Lipinski definition) is 9. The Bertz CT molecular complexity index is 1330. The van der Waals surface area contributed by atoms with E-state index >= 15 is 0 Å². The van der Waals surface area contributed by atoms with Crippen molar-refractivity contribution < 1.29 is 9.53 Å². The van der Waals surface area contributed by atoms with Crippen molar-refractivity contribution in [2.24, 2.45) is 11.5 Å². The van der Waals surface area contributed by atoms with Gasteiger partial charge in [0.25, 0.3) is 5.91 Å². The van der Waals surface area contributed by atoms with Gasteiger partial charge in [0.2, 0.25) is 5.95 Å². The van der Waals surface area contributed by atoms with Gasteiger partial charge in [-0.3, -0.25) is 4.79 Å². The molecule has 3 atom stereocenters. The molecule has 4 aromatic rings. The van der Waals surface area contributed by atoms with Crippen LogP contribution < -0.4 is 22.1 Å². The first-order valence-electron chi connectivity index (χ1n) is 12.1. The van der Waals surface area contributed by atoms with Crippen molar-refractivity contribution in [3.63, 3.8) is 0 Å². The monoisotopic (exact) mass is 499 g/mol. The van der Waals surface area contributed by atoms with E-state index in [1.807, 2.05) is 54.6 Å². The average molecular weight is 500 g/mol. The molecule has 1 fully saturated rings. The molecule has 1 aliphatic carbocycles. The number of primary amides is 1. The number of nitrogens with two attached hydrogens (primary N) is 2. The summed E-state index contributed by atoms with van der Waals surface area (Å²) < 4.78 is 6.26. The second-order valence-electron chi connectivity index (χ2n) is 8.91. The number of carbonyl (C=O) groups is 1. The van der Waals surface area contributed by atoms with E-state index in [4.69, 9.17) is 16.2 Å². The summed E-state index contributed by atoms with van der Waals surface area (Å²) in [6.45, 7) is 0.492. The number of carbonyl (C=O) groups excluding carboxylic acids is 1. The molecular formula is C26H29N9O2. The van der Waals surface area contributed by atoms with Gasteiger partial charge in [-0.15, -0.1) is 0 Å². The number of aromatic nitrogens is 5. The molecule has 1 aliphatic rings. The molecule has 1 saturated carbocycles. The molecule has 6 N–H and O–H groups in total. The van der Waals surface area contributed by atoms with Crippen molar-refractivity contribution in [3.8, 4) is 5.69 Å². The maximum atomic E-state index is 12.1. The highest BCUT2D eigenvalue weighted by Gasteiger charge is 2.33. The Hall–Kier alpha value is -4.35. The second kappa shape index (κ2) is 11.1. The van der Waals surface area contributed by atoms with Gasteiger partial charge in [-0.1, -0.05) is 36.4 Å². The van der Waals surface area contributed by atoms with Crippen molar-refractivity contribution in [2.75, 3.05) is 10.6 Å². The highest BCUT2D eigenvalue weighted by molar-refractivity contribution is 5.98. The lowest BCUT2D eigenvalue weighted by Crippen LogP contribution is -2.52. The maximum Gasteiger partial charge on any atom is 0.254 e. The zero-order valence-corrected chi connectivity index (χ0v) is 20.2. The van der Waals surface area contributed by atoms with Crippen LogP contribution in [0.2, 0.25) is 0 Å².